The van der Waals surface area contributed by atoms with Crippen LogP contribution in [0.5, 0.6) is 0 Å². The maximum Gasteiger partial charge on any atom is 0.145 e. The first-order valence-electron chi connectivity index (χ1n) is 4.91. The second-order valence-corrected chi connectivity index (χ2v) is 4.91. The highest BCUT2D eigenvalue weighted by molar-refractivity contribution is 7.99. The molecule has 0 unspecified atom stereocenters. The lowest BCUT2D eigenvalue weighted by Crippen LogP contribution is -2.01. The van der Waals surface area contributed by atoms with Gasteiger partial charge in [-0.15, -0.1) is 11.8 Å². The number of halogens is 1. The number of nitrogens with zero attached hydrogens (tertiary/aromatic N) is 2. The maximum atomic E-state index is 5.81. The number of rotatable bonds is 4. The van der Waals surface area contributed by atoms with Crippen LogP contribution in [0.15, 0.2) is 41.4 Å². The number of anilines is 1. The third kappa shape index (κ3) is 3.18. The molecule has 16 heavy (non-hydrogen) atoms. The van der Waals surface area contributed by atoms with Crippen LogP contribution >= 0.6 is 23.4 Å². The number of benzene rings is 1. The lowest BCUT2D eigenvalue weighted by molar-refractivity contribution is 0.669. The van der Waals surface area contributed by atoms with Crippen molar-refractivity contribution < 1.29 is 0 Å². The number of hydrogen-bond donors (Lipinski definition) is 1. The quantitative estimate of drug-likeness (QED) is 0.852. The van der Waals surface area contributed by atoms with Gasteiger partial charge in [-0.3, -0.25) is 4.68 Å². The van der Waals surface area contributed by atoms with Crippen molar-refractivity contribution in [2.24, 2.45) is 0 Å². The molecule has 0 aliphatic rings. The van der Waals surface area contributed by atoms with E-state index in [1.165, 1.54) is 4.90 Å². The minimum Gasteiger partial charge on any atom is -0.382 e. The molecule has 2 rings (SSSR count). The smallest absolute Gasteiger partial charge is 0.145 e. The Bertz CT molecular complexity index is 453. The number of aryl methyl sites for hydroxylation is 1. The van der Waals surface area contributed by atoms with Gasteiger partial charge >= 0.3 is 0 Å². The van der Waals surface area contributed by atoms with Crippen LogP contribution in [0.25, 0.3) is 0 Å². The molecule has 0 amide bonds. The Morgan fingerprint density at radius 3 is 2.62 bits per heavy atom. The number of nitrogen functional groups attached to an aromatic ring is 1. The standard InChI is InChI=1S/C11H12ClN3S/c12-9-1-3-10(4-2-9)16-8-7-15-6-5-11(13)14-15/h1-6H,7-8H2,(H2,13,14). The molecule has 2 N–H and O–H groups in total. The van der Waals surface area contributed by atoms with E-state index in [0.29, 0.717) is 5.82 Å². The third-order valence-electron chi connectivity index (χ3n) is 2.06. The molecule has 3 nitrogen and oxygen atoms in total. The van der Waals surface area contributed by atoms with Crippen LogP contribution in [-0.4, -0.2) is 15.5 Å². The molecule has 0 spiro atoms. The molecule has 1 heterocycles. The molecule has 84 valence electrons. The Hall–Kier alpha value is -1.13. The summed E-state index contributed by atoms with van der Waals surface area (Å²) in [6.07, 6.45) is 1.89. The van der Waals surface area contributed by atoms with Crippen LogP contribution in [0.4, 0.5) is 5.82 Å². The van der Waals surface area contributed by atoms with Crippen molar-refractivity contribution in [1.29, 1.82) is 0 Å². The molecule has 1 aromatic heterocycles. The van der Waals surface area contributed by atoms with Crippen molar-refractivity contribution >= 4 is 29.2 Å². The summed E-state index contributed by atoms with van der Waals surface area (Å²) in [5.74, 6) is 1.53. The van der Waals surface area contributed by atoms with Crippen molar-refractivity contribution in [3.05, 3.63) is 41.6 Å². The molecular formula is C11H12ClN3S. The molecule has 0 fully saturated rings. The summed E-state index contributed by atoms with van der Waals surface area (Å²) < 4.78 is 1.85. The zero-order valence-electron chi connectivity index (χ0n) is 8.64. The van der Waals surface area contributed by atoms with Gasteiger partial charge in [0.05, 0.1) is 6.54 Å². The SMILES string of the molecule is Nc1ccn(CCSc2ccc(Cl)cc2)n1. The van der Waals surface area contributed by atoms with Gasteiger partial charge in [0.1, 0.15) is 5.82 Å². The zero-order chi connectivity index (χ0) is 11.4. The Kier molecular flexibility index (Phi) is 3.74. The van der Waals surface area contributed by atoms with Crippen LogP contribution in [-0.2, 0) is 6.54 Å². The fraction of sp³-hybridized carbons (Fsp3) is 0.182. The summed E-state index contributed by atoms with van der Waals surface area (Å²) in [4.78, 5) is 1.21. The van der Waals surface area contributed by atoms with Gasteiger partial charge in [-0.1, -0.05) is 11.6 Å². The van der Waals surface area contributed by atoms with Gasteiger partial charge in [0, 0.05) is 21.9 Å². The van der Waals surface area contributed by atoms with E-state index in [1.807, 2.05) is 35.1 Å². The average molecular weight is 254 g/mol. The van der Waals surface area contributed by atoms with Crippen molar-refractivity contribution in [3.8, 4) is 0 Å². The van der Waals surface area contributed by atoms with Gasteiger partial charge in [-0.05, 0) is 30.3 Å². The summed E-state index contributed by atoms with van der Waals surface area (Å²) in [6, 6.07) is 9.63. The normalized spacial score (nSPS) is 10.6. The first kappa shape index (κ1) is 11.4. The van der Waals surface area contributed by atoms with E-state index in [-0.39, 0.29) is 0 Å². The Morgan fingerprint density at radius 1 is 1.25 bits per heavy atom. The van der Waals surface area contributed by atoms with Crippen LogP contribution in [0.1, 0.15) is 0 Å². The van der Waals surface area contributed by atoms with Crippen LogP contribution < -0.4 is 5.73 Å². The monoisotopic (exact) mass is 253 g/mol. The second kappa shape index (κ2) is 5.27. The fourth-order valence-corrected chi connectivity index (χ4v) is 2.26. The Balaban J connectivity index is 1.82. The van der Waals surface area contributed by atoms with Crippen molar-refractivity contribution in [2.75, 3.05) is 11.5 Å². The summed E-state index contributed by atoms with van der Waals surface area (Å²) in [7, 11) is 0. The van der Waals surface area contributed by atoms with E-state index >= 15 is 0 Å². The van der Waals surface area contributed by atoms with E-state index < -0.39 is 0 Å². The van der Waals surface area contributed by atoms with Gasteiger partial charge in [-0.2, -0.15) is 5.10 Å². The van der Waals surface area contributed by atoms with Crippen LogP contribution in [0.3, 0.4) is 0 Å². The van der Waals surface area contributed by atoms with Gasteiger partial charge in [-0.25, -0.2) is 0 Å². The van der Waals surface area contributed by atoms with E-state index in [2.05, 4.69) is 5.10 Å². The molecular weight excluding hydrogens is 242 g/mol. The third-order valence-corrected chi connectivity index (χ3v) is 3.31. The maximum absolute atomic E-state index is 5.81. The van der Waals surface area contributed by atoms with Crippen molar-refractivity contribution in [2.45, 2.75) is 11.4 Å². The highest BCUT2D eigenvalue weighted by Crippen LogP contribution is 2.20. The molecule has 1 aromatic carbocycles. The average Bonchev–Trinajstić information content (AvgIpc) is 2.67. The number of thioether (sulfide) groups is 1. The summed E-state index contributed by atoms with van der Waals surface area (Å²) >= 11 is 7.58. The molecule has 5 heteroatoms. The first-order valence-corrected chi connectivity index (χ1v) is 6.28. The Morgan fingerprint density at radius 2 is 2.00 bits per heavy atom. The molecule has 0 saturated carbocycles. The van der Waals surface area contributed by atoms with Crippen molar-refractivity contribution in [3.63, 3.8) is 0 Å². The predicted octanol–water partition coefficient (Wildman–Crippen LogP) is 2.91. The van der Waals surface area contributed by atoms with Crippen LogP contribution in [0, 0.1) is 0 Å². The second-order valence-electron chi connectivity index (χ2n) is 3.31. The van der Waals surface area contributed by atoms with Gasteiger partial charge < -0.3 is 5.73 Å². The predicted molar refractivity (Wildman–Crippen MR) is 68.8 cm³/mol. The molecule has 0 aliphatic heterocycles. The van der Waals surface area contributed by atoms with Gasteiger partial charge in [0.25, 0.3) is 0 Å². The highest BCUT2D eigenvalue weighted by atomic mass is 35.5. The van der Waals surface area contributed by atoms with Crippen LogP contribution in [0.2, 0.25) is 5.02 Å². The van der Waals surface area contributed by atoms with Gasteiger partial charge in [0.2, 0.25) is 0 Å². The molecule has 0 atom stereocenters. The van der Waals surface area contributed by atoms with Crippen molar-refractivity contribution in [1.82, 2.24) is 9.78 Å². The molecule has 0 saturated heterocycles. The van der Waals surface area contributed by atoms with E-state index in [1.54, 1.807) is 17.8 Å². The fourth-order valence-electron chi connectivity index (χ4n) is 1.29. The Labute approximate surface area is 104 Å². The topological polar surface area (TPSA) is 43.8 Å². The minimum atomic E-state index is 0.566. The number of nitrogens with two attached hydrogens (primary N) is 1. The largest absolute Gasteiger partial charge is 0.382 e. The van der Waals surface area contributed by atoms with E-state index in [4.69, 9.17) is 17.3 Å². The van der Waals surface area contributed by atoms with E-state index in [0.717, 1.165) is 17.3 Å². The lowest BCUT2D eigenvalue weighted by Gasteiger charge is -2.02. The summed E-state index contributed by atoms with van der Waals surface area (Å²) in [5, 5.41) is 4.88. The summed E-state index contributed by atoms with van der Waals surface area (Å²) in [6.45, 7) is 0.852. The van der Waals surface area contributed by atoms with E-state index in [9.17, 15) is 0 Å². The van der Waals surface area contributed by atoms with Gasteiger partial charge in [0.15, 0.2) is 0 Å². The molecule has 0 aliphatic carbocycles. The number of aromatic nitrogens is 2. The zero-order valence-corrected chi connectivity index (χ0v) is 10.2. The molecule has 0 bridgehead atoms. The minimum absolute atomic E-state index is 0.566. The number of hydrogen-bond acceptors (Lipinski definition) is 3. The first-order chi connectivity index (χ1) is 7.74. The molecule has 0 radical (unpaired) electrons. The molecule has 2 aromatic rings. The summed E-state index contributed by atoms with van der Waals surface area (Å²) in [5.41, 5.74) is 5.52. The highest BCUT2D eigenvalue weighted by Gasteiger charge is 1.97. The lowest BCUT2D eigenvalue weighted by atomic mass is 10.4.